The third-order valence-electron chi connectivity index (χ3n) is 1.57. The highest BCUT2D eigenvalue weighted by Crippen LogP contribution is 2.22. The maximum atomic E-state index is 12.7. The quantitative estimate of drug-likeness (QED) is 0.731. The number of nitrogens with two attached hydrogens (primary N) is 1. The van der Waals surface area contributed by atoms with E-state index in [1.165, 1.54) is 23.5 Å². The molecular formula is C8H7FN2S. The first-order valence-corrected chi connectivity index (χ1v) is 4.36. The zero-order valence-electron chi connectivity index (χ0n) is 6.25. The molecule has 0 aliphatic rings. The number of hydrogen-bond donors (Lipinski definition) is 1. The van der Waals surface area contributed by atoms with Crippen LogP contribution in [0, 0.1) is 5.82 Å². The van der Waals surface area contributed by atoms with E-state index in [-0.39, 0.29) is 5.82 Å². The molecule has 0 aliphatic carbocycles. The minimum absolute atomic E-state index is 0.227. The lowest BCUT2D eigenvalue weighted by Crippen LogP contribution is -1.93. The number of rotatable bonds is 1. The minimum Gasteiger partial charge on any atom is -0.325 e. The summed E-state index contributed by atoms with van der Waals surface area (Å²) in [5, 5.41) is 0.843. The molecule has 0 amide bonds. The van der Waals surface area contributed by atoms with E-state index >= 15 is 0 Å². The van der Waals surface area contributed by atoms with E-state index in [1.54, 1.807) is 6.07 Å². The summed E-state index contributed by atoms with van der Waals surface area (Å²) in [6.45, 7) is 0.418. The number of fused-ring (bicyclic) bond motifs is 1. The van der Waals surface area contributed by atoms with Crippen molar-refractivity contribution in [3.8, 4) is 0 Å². The second-order valence-corrected chi connectivity index (χ2v) is 3.54. The van der Waals surface area contributed by atoms with Gasteiger partial charge in [0.15, 0.2) is 0 Å². The molecule has 62 valence electrons. The molecule has 2 nitrogen and oxygen atoms in total. The van der Waals surface area contributed by atoms with Gasteiger partial charge in [-0.25, -0.2) is 9.37 Å². The van der Waals surface area contributed by atoms with Crippen LogP contribution in [0.3, 0.4) is 0 Å². The summed E-state index contributed by atoms with van der Waals surface area (Å²) >= 11 is 1.44. The van der Waals surface area contributed by atoms with Crippen molar-refractivity contribution in [3.63, 3.8) is 0 Å². The summed E-state index contributed by atoms with van der Waals surface area (Å²) in [4.78, 5) is 4.20. The van der Waals surface area contributed by atoms with Crippen LogP contribution in [0.25, 0.3) is 10.2 Å². The molecule has 1 aromatic carbocycles. The van der Waals surface area contributed by atoms with Gasteiger partial charge in [-0.15, -0.1) is 11.3 Å². The van der Waals surface area contributed by atoms with Crippen LogP contribution in [0.15, 0.2) is 18.2 Å². The Morgan fingerprint density at radius 3 is 3.08 bits per heavy atom. The SMILES string of the molecule is NCc1nc2ccc(F)cc2s1. The molecule has 4 heteroatoms. The lowest BCUT2D eigenvalue weighted by atomic mass is 10.3. The number of hydrogen-bond acceptors (Lipinski definition) is 3. The van der Waals surface area contributed by atoms with E-state index in [4.69, 9.17) is 5.73 Å². The molecule has 0 unspecified atom stereocenters. The van der Waals surface area contributed by atoms with Crippen molar-refractivity contribution in [3.05, 3.63) is 29.0 Å². The fraction of sp³-hybridized carbons (Fsp3) is 0.125. The van der Waals surface area contributed by atoms with E-state index in [0.29, 0.717) is 6.54 Å². The monoisotopic (exact) mass is 182 g/mol. The molecule has 12 heavy (non-hydrogen) atoms. The standard InChI is InChI=1S/C8H7FN2S/c9-5-1-2-6-7(3-5)12-8(4-10)11-6/h1-3H,4,10H2. The summed E-state index contributed by atoms with van der Waals surface area (Å²) in [6.07, 6.45) is 0. The second kappa shape index (κ2) is 2.80. The highest BCUT2D eigenvalue weighted by atomic mass is 32.1. The van der Waals surface area contributed by atoms with Crippen LogP contribution < -0.4 is 5.73 Å². The number of thiazole rings is 1. The van der Waals surface area contributed by atoms with Crippen molar-refractivity contribution in [1.29, 1.82) is 0 Å². The Morgan fingerprint density at radius 2 is 2.33 bits per heavy atom. The number of halogens is 1. The fourth-order valence-electron chi connectivity index (χ4n) is 1.03. The van der Waals surface area contributed by atoms with Gasteiger partial charge in [0, 0.05) is 6.54 Å². The van der Waals surface area contributed by atoms with Gasteiger partial charge in [0.1, 0.15) is 10.8 Å². The molecule has 2 aromatic rings. The first-order chi connectivity index (χ1) is 5.79. The average Bonchev–Trinajstić information content (AvgIpc) is 2.46. The molecule has 0 saturated carbocycles. The lowest BCUT2D eigenvalue weighted by Gasteiger charge is -1.85. The molecule has 0 spiro atoms. The maximum absolute atomic E-state index is 12.7. The van der Waals surface area contributed by atoms with Gasteiger partial charge >= 0.3 is 0 Å². The van der Waals surface area contributed by atoms with Gasteiger partial charge in [0.2, 0.25) is 0 Å². The van der Waals surface area contributed by atoms with Crippen molar-refractivity contribution in [2.45, 2.75) is 6.54 Å². The number of benzene rings is 1. The Bertz CT molecular complexity index is 410. The fourth-order valence-corrected chi connectivity index (χ4v) is 1.90. The van der Waals surface area contributed by atoms with Gasteiger partial charge in [-0.1, -0.05) is 0 Å². The molecule has 0 fully saturated rings. The van der Waals surface area contributed by atoms with Gasteiger partial charge in [-0.05, 0) is 18.2 Å². The highest BCUT2D eigenvalue weighted by Gasteiger charge is 2.02. The van der Waals surface area contributed by atoms with Crippen molar-refractivity contribution in [2.24, 2.45) is 5.73 Å². The molecule has 1 aromatic heterocycles. The first-order valence-electron chi connectivity index (χ1n) is 3.54. The predicted octanol–water partition coefficient (Wildman–Crippen LogP) is 1.89. The maximum Gasteiger partial charge on any atom is 0.124 e. The number of nitrogens with zero attached hydrogens (tertiary/aromatic N) is 1. The molecule has 0 radical (unpaired) electrons. The number of aromatic nitrogens is 1. The van der Waals surface area contributed by atoms with Crippen molar-refractivity contribution in [1.82, 2.24) is 4.98 Å². The molecule has 0 bridgehead atoms. The van der Waals surface area contributed by atoms with Crippen LogP contribution >= 0.6 is 11.3 Å². The van der Waals surface area contributed by atoms with Gasteiger partial charge in [0.25, 0.3) is 0 Å². The average molecular weight is 182 g/mol. The third-order valence-corrected chi connectivity index (χ3v) is 2.61. The Balaban J connectivity index is 2.67. The van der Waals surface area contributed by atoms with E-state index < -0.39 is 0 Å². The minimum atomic E-state index is -0.227. The van der Waals surface area contributed by atoms with E-state index in [1.807, 2.05) is 0 Å². The van der Waals surface area contributed by atoms with Gasteiger partial charge in [-0.3, -0.25) is 0 Å². The molecule has 0 saturated heterocycles. The third kappa shape index (κ3) is 1.19. The zero-order valence-corrected chi connectivity index (χ0v) is 7.07. The summed E-state index contributed by atoms with van der Waals surface area (Å²) in [6, 6.07) is 4.55. The van der Waals surface area contributed by atoms with Crippen LogP contribution in [0.2, 0.25) is 0 Å². The molecule has 1 heterocycles. The van der Waals surface area contributed by atoms with Crippen LogP contribution in [0.1, 0.15) is 5.01 Å². The molecule has 0 atom stereocenters. The topological polar surface area (TPSA) is 38.9 Å². The van der Waals surface area contributed by atoms with Crippen molar-refractivity contribution in [2.75, 3.05) is 0 Å². The van der Waals surface area contributed by atoms with Crippen molar-refractivity contribution >= 4 is 21.6 Å². The van der Waals surface area contributed by atoms with Gasteiger partial charge in [-0.2, -0.15) is 0 Å². The van der Waals surface area contributed by atoms with Gasteiger partial charge in [0.05, 0.1) is 10.2 Å². The largest absolute Gasteiger partial charge is 0.325 e. The van der Waals surface area contributed by atoms with Crippen LogP contribution in [0.5, 0.6) is 0 Å². The molecule has 2 rings (SSSR count). The Morgan fingerprint density at radius 1 is 1.50 bits per heavy atom. The normalized spacial score (nSPS) is 10.8. The summed E-state index contributed by atoms with van der Waals surface area (Å²) < 4.78 is 13.6. The van der Waals surface area contributed by atoms with Crippen LogP contribution in [-0.4, -0.2) is 4.98 Å². The smallest absolute Gasteiger partial charge is 0.124 e. The predicted molar refractivity (Wildman–Crippen MR) is 47.5 cm³/mol. The first kappa shape index (κ1) is 7.64. The van der Waals surface area contributed by atoms with Crippen molar-refractivity contribution < 1.29 is 4.39 Å². The summed E-state index contributed by atoms with van der Waals surface area (Å²) in [5.41, 5.74) is 6.23. The zero-order chi connectivity index (χ0) is 8.55. The molecule has 0 aliphatic heterocycles. The highest BCUT2D eigenvalue weighted by molar-refractivity contribution is 7.18. The summed E-state index contributed by atoms with van der Waals surface area (Å²) in [7, 11) is 0. The van der Waals surface area contributed by atoms with E-state index in [2.05, 4.69) is 4.98 Å². The second-order valence-electron chi connectivity index (χ2n) is 2.42. The van der Waals surface area contributed by atoms with Crippen LogP contribution in [0.4, 0.5) is 4.39 Å². The Hall–Kier alpha value is -1.000. The molecule has 2 N–H and O–H groups in total. The van der Waals surface area contributed by atoms with Gasteiger partial charge < -0.3 is 5.73 Å². The Labute approximate surface area is 72.8 Å². The molecular weight excluding hydrogens is 175 g/mol. The van der Waals surface area contributed by atoms with E-state index in [9.17, 15) is 4.39 Å². The van der Waals surface area contributed by atoms with E-state index in [0.717, 1.165) is 15.2 Å². The Kier molecular flexibility index (Phi) is 1.78. The van der Waals surface area contributed by atoms with Crippen LogP contribution in [-0.2, 0) is 6.54 Å². The summed E-state index contributed by atoms with van der Waals surface area (Å²) in [5.74, 6) is -0.227. The lowest BCUT2D eigenvalue weighted by molar-refractivity contribution is 0.630.